The van der Waals surface area contributed by atoms with Gasteiger partial charge in [-0.05, 0) is 42.8 Å². The third kappa shape index (κ3) is 2.86. The van der Waals surface area contributed by atoms with E-state index in [1.54, 1.807) is 28.8 Å². The molecule has 0 N–H and O–H groups in total. The van der Waals surface area contributed by atoms with Crippen LogP contribution in [0.4, 0.5) is 4.39 Å². The van der Waals surface area contributed by atoms with E-state index in [2.05, 4.69) is 10.2 Å². The molecule has 2 aromatic carbocycles. The lowest BCUT2D eigenvalue weighted by Crippen LogP contribution is -2.37. The normalized spacial score (nSPS) is 17.6. The van der Waals surface area contributed by atoms with Gasteiger partial charge in [-0.25, -0.2) is 9.18 Å². The van der Waals surface area contributed by atoms with Crippen molar-refractivity contribution in [3.8, 4) is 11.4 Å². The molecular weight excluding hydrogens is 391 g/mol. The highest BCUT2D eigenvalue weighted by molar-refractivity contribution is 6.20. The minimum absolute atomic E-state index is 0.207. The van der Waals surface area contributed by atoms with Gasteiger partial charge in [-0.2, -0.15) is 0 Å². The molecule has 1 unspecified atom stereocenters. The Morgan fingerprint density at radius 2 is 1.67 bits per heavy atom. The van der Waals surface area contributed by atoms with Crippen molar-refractivity contribution in [1.29, 1.82) is 0 Å². The summed E-state index contributed by atoms with van der Waals surface area (Å²) in [5, 5.41) is 8.84. The van der Waals surface area contributed by atoms with Gasteiger partial charge in [0.2, 0.25) is 0 Å². The molecule has 0 bridgehead atoms. The summed E-state index contributed by atoms with van der Waals surface area (Å²) < 4.78 is 15.0. The Hall–Kier alpha value is -3.88. The number of fused-ring (bicyclic) bond motifs is 2. The number of rotatable bonds is 3. The van der Waals surface area contributed by atoms with Crippen molar-refractivity contribution >= 4 is 17.8 Å². The Morgan fingerprint density at radius 3 is 2.33 bits per heavy atom. The highest BCUT2D eigenvalue weighted by Gasteiger charge is 2.40. The molecule has 2 aliphatic heterocycles. The average molecular weight is 406 g/mol. The SMILES string of the molecule is O=C(ON1C(=O)c2ccccc2C1=O)C1CCc2nnc(-c3ccc(F)cc3)n2C1. The molecule has 2 amide bonds. The van der Waals surface area contributed by atoms with Crippen molar-refractivity contribution in [3.63, 3.8) is 0 Å². The van der Waals surface area contributed by atoms with E-state index in [0.717, 1.165) is 0 Å². The summed E-state index contributed by atoms with van der Waals surface area (Å²) in [4.78, 5) is 42.8. The molecule has 0 fully saturated rings. The first kappa shape index (κ1) is 18.2. The Morgan fingerprint density at radius 1 is 1.00 bits per heavy atom. The molecule has 0 aliphatic carbocycles. The van der Waals surface area contributed by atoms with E-state index >= 15 is 0 Å². The lowest BCUT2D eigenvalue weighted by Gasteiger charge is -2.24. The van der Waals surface area contributed by atoms with Crippen LogP contribution in [0.5, 0.6) is 0 Å². The van der Waals surface area contributed by atoms with Gasteiger partial charge in [-0.15, -0.1) is 10.2 Å². The van der Waals surface area contributed by atoms with Crippen LogP contribution in [-0.2, 0) is 22.6 Å². The number of hydroxylamine groups is 2. The highest BCUT2D eigenvalue weighted by atomic mass is 19.1. The largest absolute Gasteiger partial charge is 0.338 e. The third-order valence-corrected chi connectivity index (χ3v) is 5.32. The summed E-state index contributed by atoms with van der Waals surface area (Å²) >= 11 is 0. The zero-order valence-electron chi connectivity index (χ0n) is 15.6. The van der Waals surface area contributed by atoms with Crippen LogP contribution < -0.4 is 0 Å². The van der Waals surface area contributed by atoms with Gasteiger partial charge in [0.15, 0.2) is 5.82 Å². The summed E-state index contributed by atoms with van der Waals surface area (Å²) in [5.41, 5.74) is 1.08. The molecule has 150 valence electrons. The number of imide groups is 1. The second-order valence-corrected chi connectivity index (χ2v) is 7.15. The maximum absolute atomic E-state index is 13.2. The molecule has 30 heavy (non-hydrogen) atoms. The minimum Gasteiger partial charge on any atom is -0.329 e. The number of aromatic nitrogens is 3. The number of amides is 2. The summed E-state index contributed by atoms with van der Waals surface area (Å²) in [7, 11) is 0. The Bertz CT molecular complexity index is 1150. The summed E-state index contributed by atoms with van der Waals surface area (Å²) in [5.74, 6) is -1.71. The van der Waals surface area contributed by atoms with Crippen LogP contribution in [0, 0.1) is 11.7 Å². The fourth-order valence-electron chi connectivity index (χ4n) is 3.75. The summed E-state index contributed by atoms with van der Waals surface area (Å²) in [6.45, 7) is 0.233. The van der Waals surface area contributed by atoms with Crippen molar-refractivity contribution < 1.29 is 23.6 Å². The van der Waals surface area contributed by atoms with Gasteiger partial charge in [-0.1, -0.05) is 17.2 Å². The van der Waals surface area contributed by atoms with Crippen molar-refractivity contribution in [2.75, 3.05) is 0 Å². The van der Waals surface area contributed by atoms with Gasteiger partial charge in [0.25, 0.3) is 11.8 Å². The Balaban J connectivity index is 1.35. The molecule has 0 saturated heterocycles. The molecule has 1 aromatic heterocycles. The van der Waals surface area contributed by atoms with E-state index in [0.29, 0.717) is 35.1 Å². The third-order valence-electron chi connectivity index (χ3n) is 5.32. The van der Waals surface area contributed by atoms with Gasteiger partial charge in [0, 0.05) is 18.5 Å². The van der Waals surface area contributed by atoms with Crippen molar-refractivity contribution in [2.45, 2.75) is 19.4 Å². The van der Waals surface area contributed by atoms with Crippen LogP contribution in [0.3, 0.4) is 0 Å². The predicted octanol–water partition coefficient (Wildman–Crippen LogP) is 2.40. The van der Waals surface area contributed by atoms with Crippen LogP contribution in [0.15, 0.2) is 48.5 Å². The van der Waals surface area contributed by atoms with Gasteiger partial charge < -0.3 is 9.40 Å². The van der Waals surface area contributed by atoms with Gasteiger partial charge >= 0.3 is 5.97 Å². The van der Waals surface area contributed by atoms with Crippen LogP contribution in [-0.4, -0.2) is 37.6 Å². The number of carbonyl (C=O) groups is 3. The maximum Gasteiger partial charge on any atom is 0.338 e. The van der Waals surface area contributed by atoms with Crippen LogP contribution in [0.25, 0.3) is 11.4 Å². The van der Waals surface area contributed by atoms with E-state index in [4.69, 9.17) is 4.84 Å². The van der Waals surface area contributed by atoms with Crippen molar-refractivity contribution in [2.24, 2.45) is 5.92 Å². The second kappa shape index (κ2) is 6.87. The molecule has 0 spiro atoms. The first-order chi connectivity index (χ1) is 14.5. The first-order valence-electron chi connectivity index (χ1n) is 9.40. The van der Waals surface area contributed by atoms with E-state index in [9.17, 15) is 18.8 Å². The summed E-state index contributed by atoms with van der Waals surface area (Å²) in [6, 6.07) is 12.1. The molecule has 3 aromatic rings. The molecule has 2 aliphatic rings. The van der Waals surface area contributed by atoms with Crippen molar-refractivity contribution in [1.82, 2.24) is 19.8 Å². The van der Waals surface area contributed by atoms with Gasteiger partial charge in [0.05, 0.1) is 17.0 Å². The molecule has 0 saturated carbocycles. The van der Waals surface area contributed by atoms with Crippen LogP contribution in [0.1, 0.15) is 33.0 Å². The predicted molar refractivity (Wildman–Crippen MR) is 100 cm³/mol. The molecular formula is C21H15FN4O4. The van der Waals surface area contributed by atoms with E-state index in [-0.39, 0.29) is 23.5 Å². The van der Waals surface area contributed by atoms with Gasteiger partial charge in [0.1, 0.15) is 11.6 Å². The number of hydrogen-bond donors (Lipinski definition) is 0. The van der Waals surface area contributed by atoms with Crippen LogP contribution in [0.2, 0.25) is 0 Å². The van der Waals surface area contributed by atoms with Crippen molar-refractivity contribution in [3.05, 3.63) is 71.3 Å². The molecule has 5 rings (SSSR count). The van der Waals surface area contributed by atoms with E-state index in [1.165, 1.54) is 24.3 Å². The Labute approximate surface area is 169 Å². The maximum atomic E-state index is 13.2. The minimum atomic E-state index is -0.672. The van der Waals surface area contributed by atoms with E-state index < -0.39 is 23.7 Å². The van der Waals surface area contributed by atoms with E-state index in [1.807, 2.05) is 0 Å². The van der Waals surface area contributed by atoms with Crippen LogP contribution >= 0.6 is 0 Å². The molecule has 8 nitrogen and oxygen atoms in total. The number of nitrogens with zero attached hydrogens (tertiary/aromatic N) is 4. The number of halogens is 1. The Kier molecular flexibility index (Phi) is 4.16. The molecule has 9 heteroatoms. The standard InChI is InChI=1S/C21H15FN4O4/c22-14-8-5-12(6-9-14)18-24-23-17-10-7-13(11-25(17)18)21(29)30-26-19(27)15-3-1-2-4-16(15)20(26)28/h1-6,8-9,13H,7,10-11H2. The second-order valence-electron chi connectivity index (χ2n) is 7.15. The number of benzene rings is 2. The topological polar surface area (TPSA) is 94.4 Å². The zero-order chi connectivity index (χ0) is 20.8. The zero-order valence-corrected chi connectivity index (χ0v) is 15.6. The summed E-state index contributed by atoms with van der Waals surface area (Å²) in [6.07, 6.45) is 0.930. The quantitative estimate of drug-likeness (QED) is 0.620. The lowest BCUT2D eigenvalue weighted by atomic mass is 9.99. The molecule has 1 atom stereocenters. The monoisotopic (exact) mass is 406 g/mol. The number of aryl methyl sites for hydroxylation is 1. The first-order valence-corrected chi connectivity index (χ1v) is 9.40. The average Bonchev–Trinajstić information content (AvgIpc) is 3.29. The molecule has 3 heterocycles. The molecule has 0 radical (unpaired) electrons. The fourth-order valence-corrected chi connectivity index (χ4v) is 3.75. The fraction of sp³-hybridized carbons (Fsp3) is 0.190. The number of carbonyl (C=O) groups excluding carboxylic acids is 3. The van der Waals surface area contributed by atoms with Gasteiger partial charge in [-0.3, -0.25) is 9.59 Å². The lowest BCUT2D eigenvalue weighted by molar-refractivity contribution is -0.174. The smallest absolute Gasteiger partial charge is 0.329 e. The highest BCUT2D eigenvalue weighted by Crippen LogP contribution is 2.28. The number of hydrogen-bond acceptors (Lipinski definition) is 6.